The summed E-state index contributed by atoms with van der Waals surface area (Å²) < 4.78 is 57.0. The van der Waals surface area contributed by atoms with Crippen LogP contribution in [0.5, 0.6) is 0 Å². The van der Waals surface area contributed by atoms with E-state index in [9.17, 15) is 26.8 Å². The zero-order valence-corrected chi connectivity index (χ0v) is 25.3. The smallest absolute Gasteiger partial charge is 0.338 e. The van der Waals surface area contributed by atoms with Crippen molar-refractivity contribution in [3.05, 3.63) is 104 Å². The second kappa shape index (κ2) is 11.4. The monoisotopic (exact) mass is 626 g/mol. The van der Waals surface area contributed by atoms with Gasteiger partial charge in [-0.1, -0.05) is 24.3 Å². The number of benzene rings is 2. The normalized spacial score (nSPS) is 11.9. The molecule has 43 heavy (non-hydrogen) atoms. The standard InChI is InChI=1S/C29H28F2N6O4S2/c1-34(2)15-20-25-27(38)37(24-10-6-9-23(33-24)35(3)43(4,40)41)29(39)36(16-19-21(30)7-5-8-22(19)31)28(25)42-26(20)17-11-13-18(32)14-12-17/h5-14H,15-16,32H2,1-4H3. The molecule has 3 aromatic heterocycles. The molecular weight excluding hydrogens is 598 g/mol. The van der Waals surface area contributed by atoms with Gasteiger partial charge in [-0.2, -0.15) is 0 Å². The third kappa shape index (κ3) is 5.68. The first-order valence-electron chi connectivity index (χ1n) is 12.9. The third-order valence-electron chi connectivity index (χ3n) is 6.87. The Kier molecular flexibility index (Phi) is 7.94. The van der Waals surface area contributed by atoms with Gasteiger partial charge in [-0.25, -0.2) is 31.5 Å². The maximum Gasteiger partial charge on any atom is 0.338 e. The highest BCUT2D eigenvalue weighted by molar-refractivity contribution is 7.92. The minimum Gasteiger partial charge on any atom is -0.399 e. The third-order valence-corrected chi connectivity index (χ3v) is 9.35. The van der Waals surface area contributed by atoms with Crippen LogP contribution in [-0.2, 0) is 23.1 Å². The molecule has 0 spiro atoms. The summed E-state index contributed by atoms with van der Waals surface area (Å²) in [4.78, 5) is 35.5. The van der Waals surface area contributed by atoms with E-state index in [0.717, 1.165) is 48.7 Å². The summed E-state index contributed by atoms with van der Waals surface area (Å²) in [5, 5.41) is 0.172. The Balaban J connectivity index is 1.90. The van der Waals surface area contributed by atoms with Crippen molar-refractivity contribution >= 4 is 43.1 Å². The summed E-state index contributed by atoms with van der Waals surface area (Å²) >= 11 is 1.16. The molecule has 5 aromatic rings. The Hall–Kier alpha value is -4.40. The van der Waals surface area contributed by atoms with Crippen molar-refractivity contribution in [3.63, 3.8) is 0 Å². The number of rotatable bonds is 8. The van der Waals surface area contributed by atoms with E-state index >= 15 is 0 Å². The number of pyridine rings is 1. The number of thiophene rings is 1. The van der Waals surface area contributed by atoms with Crippen molar-refractivity contribution in [1.29, 1.82) is 0 Å². The van der Waals surface area contributed by atoms with Crippen LogP contribution in [0.4, 0.5) is 20.3 Å². The van der Waals surface area contributed by atoms with Crippen LogP contribution in [-0.4, -0.2) is 54.8 Å². The molecule has 5 rings (SSSR count). The minimum absolute atomic E-state index is 0.0282. The molecule has 0 radical (unpaired) electrons. The molecule has 0 saturated carbocycles. The lowest BCUT2D eigenvalue weighted by Crippen LogP contribution is -2.40. The van der Waals surface area contributed by atoms with E-state index in [2.05, 4.69) is 4.98 Å². The topological polar surface area (TPSA) is 124 Å². The maximum absolute atomic E-state index is 14.9. The van der Waals surface area contributed by atoms with Crippen LogP contribution in [0.2, 0.25) is 0 Å². The highest BCUT2D eigenvalue weighted by Crippen LogP contribution is 2.38. The highest BCUT2D eigenvalue weighted by Gasteiger charge is 2.26. The number of hydrogen-bond donors (Lipinski definition) is 1. The minimum atomic E-state index is -3.71. The molecule has 0 amide bonds. The van der Waals surface area contributed by atoms with E-state index in [-0.39, 0.29) is 27.4 Å². The molecule has 0 atom stereocenters. The van der Waals surface area contributed by atoms with Crippen molar-refractivity contribution in [3.8, 4) is 16.3 Å². The quantitative estimate of drug-likeness (QED) is 0.261. The number of anilines is 2. The molecule has 14 heteroatoms. The fourth-order valence-corrected chi connectivity index (χ4v) is 6.41. The summed E-state index contributed by atoms with van der Waals surface area (Å²) in [6, 6.07) is 14.7. The van der Waals surface area contributed by atoms with Crippen LogP contribution in [0, 0.1) is 11.6 Å². The van der Waals surface area contributed by atoms with Crippen molar-refractivity contribution < 1.29 is 17.2 Å². The molecule has 0 unspecified atom stereocenters. The zero-order valence-electron chi connectivity index (χ0n) is 23.7. The summed E-state index contributed by atoms with van der Waals surface area (Å²) in [6.07, 6.45) is 0.993. The van der Waals surface area contributed by atoms with Crippen LogP contribution >= 0.6 is 11.3 Å². The fraction of sp³-hybridized carbons (Fsp3) is 0.207. The average molecular weight is 627 g/mol. The summed E-state index contributed by atoms with van der Waals surface area (Å²) in [6.45, 7) is -0.217. The SMILES string of the molecule is CN(C)Cc1c(-c2ccc(N)cc2)sc2c1c(=O)n(-c1cccc(N(C)S(C)(=O)=O)n1)c(=O)n2Cc1c(F)cccc1F. The Morgan fingerprint density at radius 3 is 2.16 bits per heavy atom. The van der Waals surface area contributed by atoms with Gasteiger partial charge < -0.3 is 10.6 Å². The van der Waals surface area contributed by atoms with Gasteiger partial charge in [0.2, 0.25) is 10.0 Å². The van der Waals surface area contributed by atoms with Crippen LogP contribution in [0.1, 0.15) is 11.1 Å². The largest absolute Gasteiger partial charge is 0.399 e. The zero-order chi connectivity index (χ0) is 31.2. The molecule has 0 aliphatic heterocycles. The van der Waals surface area contributed by atoms with Crippen LogP contribution in [0.3, 0.4) is 0 Å². The summed E-state index contributed by atoms with van der Waals surface area (Å²) in [5.74, 6) is -1.88. The Labute approximate surface area is 249 Å². The first kappa shape index (κ1) is 30.1. The van der Waals surface area contributed by atoms with Gasteiger partial charge in [0, 0.05) is 29.7 Å². The molecule has 2 aromatic carbocycles. The van der Waals surface area contributed by atoms with Gasteiger partial charge in [0.1, 0.15) is 28.1 Å². The molecule has 3 heterocycles. The fourth-order valence-electron chi connectivity index (χ4n) is 4.67. The molecular formula is C29H28F2N6O4S2. The predicted octanol–water partition coefficient (Wildman–Crippen LogP) is 3.64. The lowest BCUT2D eigenvalue weighted by atomic mass is 10.1. The van der Waals surface area contributed by atoms with E-state index in [0.29, 0.717) is 22.7 Å². The Bertz CT molecular complexity index is 2070. The van der Waals surface area contributed by atoms with Gasteiger partial charge in [0.25, 0.3) is 5.56 Å². The first-order valence-corrected chi connectivity index (χ1v) is 15.6. The molecule has 224 valence electrons. The van der Waals surface area contributed by atoms with E-state index in [1.807, 2.05) is 19.0 Å². The van der Waals surface area contributed by atoms with Gasteiger partial charge in [-0.3, -0.25) is 13.7 Å². The second-order valence-electron chi connectivity index (χ2n) is 10.2. The van der Waals surface area contributed by atoms with Crippen LogP contribution in [0.15, 0.2) is 70.3 Å². The van der Waals surface area contributed by atoms with E-state index in [1.165, 1.54) is 31.3 Å². The molecule has 0 saturated heterocycles. The van der Waals surface area contributed by atoms with E-state index in [1.54, 1.807) is 24.3 Å². The Morgan fingerprint density at radius 1 is 0.930 bits per heavy atom. The van der Waals surface area contributed by atoms with Crippen LogP contribution < -0.4 is 21.3 Å². The van der Waals surface area contributed by atoms with Crippen molar-refractivity contribution in [2.24, 2.45) is 0 Å². The van der Waals surface area contributed by atoms with Gasteiger partial charge >= 0.3 is 5.69 Å². The number of nitrogens with two attached hydrogens (primary N) is 1. The number of nitrogens with zero attached hydrogens (tertiary/aromatic N) is 5. The van der Waals surface area contributed by atoms with Crippen molar-refractivity contribution in [2.45, 2.75) is 13.1 Å². The number of hydrogen-bond acceptors (Lipinski definition) is 8. The van der Waals surface area contributed by atoms with E-state index < -0.39 is 39.5 Å². The van der Waals surface area contributed by atoms with E-state index in [4.69, 9.17) is 5.73 Å². The molecule has 0 aliphatic carbocycles. The number of halogens is 2. The second-order valence-corrected chi connectivity index (χ2v) is 13.3. The molecule has 0 aliphatic rings. The van der Waals surface area contributed by atoms with Crippen molar-refractivity contribution in [1.82, 2.24) is 19.0 Å². The maximum atomic E-state index is 14.9. The van der Waals surface area contributed by atoms with Gasteiger partial charge in [0.05, 0.1) is 18.2 Å². The Morgan fingerprint density at radius 2 is 1.56 bits per heavy atom. The number of nitrogen functional groups attached to an aromatic ring is 1. The lowest BCUT2D eigenvalue weighted by Gasteiger charge is -2.17. The summed E-state index contributed by atoms with van der Waals surface area (Å²) in [5.41, 5.74) is 5.83. The van der Waals surface area contributed by atoms with Crippen LogP contribution in [0.25, 0.3) is 26.5 Å². The first-order chi connectivity index (χ1) is 20.3. The summed E-state index contributed by atoms with van der Waals surface area (Å²) in [7, 11) is 1.23. The predicted molar refractivity (Wildman–Crippen MR) is 165 cm³/mol. The lowest BCUT2D eigenvalue weighted by molar-refractivity contribution is 0.405. The van der Waals surface area contributed by atoms with Gasteiger partial charge in [0.15, 0.2) is 0 Å². The number of fused-ring (bicyclic) bond motifs is 1. The molecule has 0 bridgehead atoms. The van der Waals surface area contributed by atoms with Gasteiger partial charge in [-0.15, -0.1) is 11.3 Å². The van der Waals surface area contributed by atoms with Gasteiger partial charge in [-0.05, 0) is 61.6 Å². The molecule has 10 nitrogen and oxygen atoms in total. The number of aromatic nitrogens is 3. The van der Waals surface area contributed by atoms with Crippen molar-refractivity contribution in [2.75, 3.05) is 37.4 Å². The average Bonchev–Trinajstić information content (AvgIpc) is 3.30. The molecule has 0 fully saturated rings. The highest BCUT2D eigenvalue weighted by atomic mass is 32.2. The number of sulfonamides is 1. The molecule has 2 N–H and O–H groups in total.